The number of likely N-dealkylation sites (N-methyl/N-ethyl adjacent to an activating group) is 1. The van der Waals surface area contributed by atoms with E-state index in [9.17, 15) is 9.59 Å². The third-order valence-electron chi connectivity index (χ3n) is 2.54. The first-order chi connectivity index (χ1) is 7.87. The summed E-state index contributed by atoms with van der Waals surface area (Å²) in [5.74, 6) is -0.297. The lowest BCUT2D eigenvalue weighted by Crippen LogP contribution is -2.44. The smallest absolute Gasteiger partial charge is 0.312 e. The van der Waals surface area contributed by atoms with Crippen LogP contribution in [0.4, 0.5) is 0 Å². The van der Waals surface area contributed by atoms with E-state index >= 15 is 0 Å². The number of esters is 1. The van der Waals surface area contributed by atoms with Crippen molar-refractivity contribution in [1.82, 2.24) is 10.2 Å². The highest BCUT2D eigenvalue weighted by Crippen LogP contribution is 2.18. The number of methoxy groups -OCH3 is 1. The van der Waals surface area contributed by atoms with Gasteiger partial charge in [0.15, 0.2) is 0 Å². The van der Waals surface area contributed by atoms with Crippen molar-refractivity contribution in [2.75, 3.05) is 33.8 Å². The summed E-state index contributed by atoms with van der Waals surface area (Å²) < 4.78 is 4.76. The molecular formula is C12H24N2O3. The van der Waals surface area contributed by atoms with Crippen molar-refractivity contribution < 1.29 is 14.3 Å². The molecule has 0 aromatic rings. The molecular weight excluding hydrogens is 220 g/mol. The first kappa shape index (κ1) is 15.9. The molecule has 0 bridgehead atoms. The van der Waals surface area contributed by atoms with E-state index in [0.717, 1.165) is 13.0 Å². The summed E-state index contributed by atoms with van der Waals surface area (Å²) >= 11 is 0. The fourth-order valence-corrected chi connectivity index (χ4v) is 1.71. The number of nitrogens with zero attached hydrogens (tertiary/aromatic N) is 1. The molecule has 0 fully saturated rings. The summed E-state index contributed by atoms with van der Waals surface area (Å²) in [5.41, 5.74) is -0.599. The Morgan fingerprint density at radius 1 is 1.35 bits per heavy atom. The van der Waals surface area contributed by atoms with Gasteiger partial charge in [-0.1, -0.05) is 6.92 Å². The van der Waals surface area contributed by atoms with E-state index in [4.69, 9.17) is 4.74 Å². The lowest BCUT2D eigenvalue weighted by molar-refractivity contribution is -0.152. The minimum absolute atomic E-state index is 0.0425. The lowest BCUT2D eigenvalue weighted by Gasteiger charge is -2.29. The van der Waals surface area contributed by atoms with E-state index in [0.29, 0.717) is 13.1 Å². The molecule has 0 atom stereocenters. The Bertz CT molecular complexity index is 264. The summed E-state index contributed by atoms with van der Waals surface area (Å²) in [6.45, 7) is 7.30. The van der Waals surface area contributed by atoms with Crippen LogP contribution >= 0.6 is 0 Å². The molecule has 5 nitrogen and oxygen atoms in total. The SMILES string of the molecule is CCCN(CC(=O)NC)CC(C)(C)C(=O)OC. The van der Waals surface area contributed by atoms with E-state index < -0.39 is 5.41 Å². The summed E-state index contributed by atoms with van der Waals surface area (Å²) in [6.07, 6.45) is 0.939. The number of carbonyl (C=O) groups is 2. The second-order valence-electron chi connectivity index (χ2n) is 4.76. The third-order valence-corrected chi connectivity index (χ3v) is 2.54. The normalized spacial score (nSPS) is 11.4. The van der Waals surface area contributed by atoms with Gasteiger partial charge in [0.2, 0.25) is 5.91 Å². The molecule has 0 rings (SSSR count). The monoisotopic (exact) mass is 244 g/mol. The Morgan fingerprint density at radius 2 is 1.94 bits per heavy atom. The summed E-state index contributed by atoms with van der Waals surface area (Å²) in [5, 5.41) is 2.59. The van der Waals surface area contributed by atoms with Crippen molar-refractivity contribution >= 4 is 11.9 Å². The van der Waals surface area contributed by atoms with E-state index in [-0.39, 0.29) is 11.9 Å². The molecule has 0 aromatic carbocycles. The largest absolute Gasteiger partial charge is 0.469 e. The Labute approximate surface area is 103 Å². The molecule has 0 saturated carbocycles. The second kappa shape index (κ2) is 7.27. The van der Waals surface area contributed by atoms with Gasteiger partial charge in [0.05, 0.1) is 19.1 Å². The molecule has 0 radical (unpaired) electrons. The zero-order chi connectivity index (χ0) is 13.5. The molecule has 0 aliphatic rings. The van der Waals surface area contributed by atoms with Gasteiger partial charge in [-0.25, -0.2) is 0 Å². The number of amides is 1. The van der Waals surface area contributed by atoms with Gasteiger partial charge in [0.1, 0.15) is 0 Å². The molecule has 17 heavy (non-hydrogen) atoms. The number of hydrogen-bond donors (Lipinski definition) is 1. The van der Waals surface area contributed by atoms with E-state index in [2.05, 4.69) is 5.32 Å². The molecule has 0 saturated heterocycles. The van der Waals surface area contributed by atoms with E-state index in [1.165, 1.54) is 7.11 Å². The van der Waals surface area contributed by atoms with Gasteiger partial charge in [-0.2, -0.15) is 0 Å². The molecule has 5 heteroatoms. The van der Waals surface area contributed by atoms with Crippen LogP contribution in [0, 0.1) is 5.41 Å². The van der Waals surface area contributed by atoms with Gasteiger partial charge in [0.25, 0.3) is 0 Å². The van der Waals surface area contributed by atoms with Crippen molar-refractivity contribution in [3.8, 4) is 0 Å². The first-order valence-corrected chi connectivity index (χ1v) is 5.88. The van der Waals surface area contributed by atoms with Gasteiger partial charge in [0, 0.05) is 13.6 Å². The van der Waals surface area contributed by atoms with Crippen LogP contribution in [-0.4, -0.2) is 50.6 Å². The number of ether oxygens (including phenoxy) is 1. The molecule has 0 aliphatic carbocycles. The summed E-state index contributed by atoms with van der Waals surface area (Å²) in [7, 11) is 2.99. The maximum absolute atomic E-state index is 11.6. The fraction of sp³-hybridized carbons (Fsp3) is 0.833. The predicted octanol–water partition coefficient (Wildman–Crippen LogP) is 0.644. The van der Waals surface area contributed by atoms with Crippen LogP contribution in [0.3, 0.4) is 0 Å². The molecule has 0 heterocycles. The van der Waals surface area contributed by atoms with Crippen molar-refractivity contribution in [2.24, 2.45) is 5.41 Å². The maximum atomic E-state index is 11.6. The number of carbonyl (C=O) groups excluding carboxylic acids is 2. The van der Waals surface area contributed by atoms with Crippen molar-refractivity contribution in [2.45, 2.75) is 27.2 Å². The van der Waals surface area contributed by atoms with Crippen LogP contribution in [0.5, 0.6) is 0 Å². The standard InChI is InChI=1S/C12H24N2O3/c1-6-7-14(8-10(15)13-4)9-12(2,3)11(16)17-5/h6-9H2,1-5H3,(H,13,15). The molecule has 100 valence electrons. The average Bonchev–Trinajstić information content (AvgIpc) is 2.27. The summed E-state index contributed by atoms with van der Waals surface area (Å²) in [6, 6.07) is 0. The Hall–Kier alpha value is -1.10. The average molecular weight is 244 g/mol. The van der Waals surface area contributed by atoms with Crippen molar-refractivity contribution in [1.29, 1.82) is 0 Å². The third kappa shape index (κ3) is 5.68. The highest BCUT2D eigenvalue weighted by Gasteiger charge is 2.31. The predicted molar refractivity (Wildman–Crippen MR) is 66.6 cm³/mol. The Balaban J connectivity index is 4.52. The van der Waals surface area contributed by atoms with Crippen LogP contribution in [-0.2, 0) is 14.3 Å². The zero-order valence-corrected chi connectivity index (χ0v) is 11.5. The van der Waals surface area contributed by atoms with Gasteiger partial charge >= 0.3 is 5.97 Å². The minimum Gasteiger partial charge on any atom is -0.469 e. The molecule has 0 aromatic heterocycles. The van der Waals surface area contributed by atoms with E-state index in [1.807, 2.05) is 25.7 Å². The quantitative estimate of drug-likeness (QED) is 0.668. The van der Waals surface area contributed by atoms with Crippen molar-refractivity contribution in [3.63, 3.8) is 0 Å². The van der Waals surface area contributed by atoms with Crippen LogP contribution in [0.25, 0.3) is 0 Å². The number of nitrogens with one attached hydrogen (secondary N) is 1. The topological polar surface area (TPSA) is 58.6 Å². The minimum atomic E-state index is -0.599. The van der Waals surface area contributed by atoms with E-state index in [1.54, 1.807) is 7.05 Å². The highest BCUT2D eigenvalue weighted by molar-refractivity contribution is 5.78. The van der Waals surface area contributed by atoms with Crippen LogP contribution < -0.4 is 5.32 Å². The van der Waals surface area contributed by atoms with Gasteiger partial charge in [-0.15, -0.1) is 0 Å². The fourth-order valence-electron chi connectivity index (χ4n) is 1.71. The molecule has 1 N–H and O–H groups in total. The molecule has 1 amide bonds. The Morgan fingerprint density at radius 3 is 2.35 bits per heavy atom. The van der Waals surface area contributed by atoms with Crippen molar-refractivity contribution in [3.05, 3.63) is 0 Å². The van der Waals surface area contributed by atoms with Gasteiger partial charge in [-0.3, -0.25) is 14.5 Å². The molecule has 0 aliphatic heterocycles. The van der Waals surface area contributed by atoms with Crippen LogP contribution in [0.15, 0.2) is 0 Å². The zero-order valence-electron chi connectivity index (χ0n) is 11.5. The maximum Gasteiger partial charge on any atom is 0.312 e. The lowest BCUT2D eigenvalue weighted by atomic mass is 9.93. The Kier molecular flexibility index (Phi) is 6.80. The molecule has 0 spiro atoms. The first-order valence-electron chi connectivity index (χ1n) is 5.88. The van der Waals surface area contributed by atoms with Crippen LogP contribution in [0.1, 0.15) is 27.2 Å². The van der Waals surface area contributed by atoms with Gasteiger partial charge < -0.3 is 10.1 Å². The number of hydrogen-bond acceptors (Lipinski definition) is 4. The summed E-state index contributed by atoms with van der Waals surface area (Å²) in [4.78, 5) is 24.9. The molecule has 0 unspecified atom stereocenters. The number of rotatable bonds is 7. The van der Waals surface area contributed by atoms with Gasteiger partial charge in [-0.05, 0) is 26.8 Å². The second-order valence-corrected chi connectivity index (χ2v) is 4.76. The van der Waals surface area contributed by atoms with Crippen LogP contribution in [0.2, 0.25) is 0 Å². The highest BCUT2D eigenvalue weighted by atomic mass is 16.5.